The molecule has 20 heavy (non-hydrogen) atoms. The molecule has 1 aromatic carbocycles. The van der Waals surface area contributed by atoms with Crippen LogP contribution in [0.3, 0.4) is 0 Å². The van der Waals surface area contributed by atoms with E-state index >= 15 is 0 Å². The third-order valence-electron chi connectivity index (χ3n) is 2.48. The minimum Gasteiger partial charge on any atom is -0.490 e. The van der Waals surface area contributed by atoms with Crippen LogP contribution in [0.5, 0.6) is 5.75 Å². The van der Waals surface area contributed by atoms with E-state index in [9.17, 15) is 14.5 Å². The zero-order valence-electron chi connectivity index (χ0n) is 11.8. The van der Waals surface area contributed by atoms with E-state index in [2.05, 4.69) is 5.32 Å². The fraction of sp³-hybridized carbons (Fsp3) is 0.538. The normalized spacial score (nSPS) is 10.7. The Bertz CT molecular complexity index is 466. The molecule has 0 heterocycles. The van der Waals surface area contributed by atoms with E-state index in [1.807, 2.05) is 13.8 Å². The predicted octanol–water partition coefficient (Wildman–Crippen LogP) is 2.83. The molecule has 7 heteroatoms. The van der Waals surface area contributed by atoms with Crippen LogP contribution >= 0.6 is 0 Å². The number of nitro benzene ring substituents is 1. The predicted molar refractivity (Wildman–Crippen MR) is 73.8 cm³/mol. The van der Waals surface area contributed by atoms with Crippen LogP contribution in [-0.4, -0.2) is 31.8 Å². The van der Waals surface area contributed by atoms with Crippen molar-refractivity contribution in [1.29, 1.82) is 0 Å². The molecule has 1 N–H and O–H groups in total. The molecule has 0 atom stereocenters. The van der Waals surface area contributed by atoms with E-state index in [1.165, 1.54) is 13.2 Å². The quantitative estimate of drug-likeness (QED) is 0.452. The van der Waals surface area contributed by atoms with Gasteiger partial charge in [-0.25, -0.2) is 4.39 Å². The number of hydrogen-bond acceptors (Lipinski definition) is 5. The van der Waals surface area contributed by atoms with Crippen LogP contribution in [-0.2, 0) is 4.74 Å². The van der Waals surface area contributed by atoms with Crippen LogP contribution in [0.25, 0.3) is 0 Å². The van der Waals surface area contributed by atoms with Crippen molar-refractivity contribution in [2.75, 3.05) is 32.2 Å². The summed E-state index contributed by atoms with van der Waals surface area (Å²) >= 11 is 0. The smallest absolute Gasteiger partial charge is 0.313 e. The van der Waals surface area contributed by atoms with E-state index in [0.717, 1.165) is 6.07 Å². The second-order valence-electron chi connectivity index (χ2n) is 4.66. The van der Waals surface area contributed by atoms with Crippen molar-refractivity contribution in [2.24, 2.45) is 5.92 Å². The number of ether oxygens (including phenoxy) is 2. The SMILES string of the molecule is COc1cc(NCCOCC(C)C)c(F)cc1[N+](=O)[O-]. The Kier molecular flexibility index (Phi) is 6.17. The minimum atomic E-state index is -0.693. The maximum Gasteiger partial charge on any atom is 0.313 e. The Morgan fingerprint density at radius 2 is 2.15 bits per heavy atom. The highest BCUT2D eigenvalue weighted by molar-refractivity contribution is 5.59. The zero-order valence-corrected chi connectivity index (χ0v) is 11.8. The first-order valence-corrected chi connectivity index (χ1v) is 6.29. The van der Waals surface area contributed by atoms with Gasteiger partial charge in [0.1, 0.15) is 0 Å². The average molecular weight is 286 g/mol. The van der Waals surface area contributed by atoms with Gasteiger partial charge < -0.3 is 14.8 Å². The summed E-state index contributed by atoms with van der Waals surface area (Å²) in [5.41, 5.74) is -0.243. The standard InChI is InChI=1S/C13H19FN2O4/c1-9(2)8-20-5-4-15-11-7-13(19-3)12(16(17)18)6-10(11)14/h6-7,9,15H,4-5,8H2,1-3H3. The van der Waals surface area contributed by atoms with Crippen molar-refractivity contribution in [2.45, 2.75) is 13.8 Å². The lowest BCUT2D eigenvalue weighted by Crippen LogP contribution is -2.13. The van der Waals surface area contributed by atoms with Crippen molar-refractivity contribution in [3.8, 4) is 5.75 Å². The summed E-state index contributed by atoms with van der Waals surface area (Å²) < 4.78 is 23.9. The second kappa shape index (κ2) is 7.64. The molecule has 6 nitrogen and oxygen atoms in total. The first-order chi connectivity index (χ1) is 9.45. The molecule has 0 aliphatic rings. The molecule has 0 spiro atoms. The molecule has 1 aromatic rings. The Morgan fingerprint density at radius 1 is 1.45 bits per heavy atom. The van der Waals surface area contributed by atoms with Crippen LogP contribution in [0, 0.1) is 21.8 Å². The number of nitro groups is 1. The molecule has 0 aliphatic heterocycles. The lowest BCUT2D eigenvalue weighted by atomic mass is 10.2. The molecule has 0 saturated carbocycles. The lowest BCUT2D eigenvalue weighted by molar-refractivity contribution is -0.385. The summed E-state index contributed by atoms with van der Waals surface area (Å²) in [6, 6.07) is 2.12. The third kappa shape index (κ3) is 4.65. The second-order valence-corrected chi connectivity index (χ2v) is 4.66. The number of methoxy groups -OCH3 is 1. The van der Waals surface area contributed by atoms with Crippen LogP contribution in [0.1, 0.15) is 13.8 Å². The van der Waals surface area contributed by atoms with Gasteiger partial charge in [-0.05, 0) is 5.92 Å². The summed E-state index contributed by atoms with van der Waals surface area (Å²) in [5, 5.41) is 13.6. The molecular weight excluding hydrogens is 267 g/mol. The van der Waals surface area contributed by atoms with E-state index in [-0.39, 0.29) is 11.4 Å². The molecule has 0 aliphatic carbocycles. The molecule has 1 rings (SSSR count). The number of benzene rings is 1. The van der Waals surface area contributed by atoms with E-state index in [4.69, 9.17) is 9.47 Å². The van der Waals surface area contributed by atoms with E-state index in [1.54, 1.807) is 0 Å². The number of halogens is 1. The van der Waals surface area contributed by atoms with E-state index < -0.39 is 16.4 Å². The van der Waals surface area contributed by atoms with Gasteiger partial charge >= 0.3 is 5.69 Å². The molecule has 112 valence electrons. The number of nitrogens with one attached hydrogen (secondary N) is 1. The Balaban J connectivity index is 2.64. The maximum atomic E-state index is 13.7. The van der Waals surface area contributed by atoms with Crippen LogP contribution < -0.4 is 10.1 Å². The fourth-order valence-electron chi connectivity index (χ4n) is 1.56. The monoisotopic (exact) mass is 286 g/mol. The molecular formula is C13H19FN2O4. The molecule has 0 amide bonds. The van der Waals surface area contributed by atoms with Crippen LogP contribution in [0.15, 0.2) is 12.1 Å². The van der Waals surface area contributed by atoms with Crippen molar-refractivity contribution in [3.63, 3.8) is 0 Å². The molecule has 0 aromatic heterocycles. The molecule has 0 bridgehead atoms. The lowest BCUT2D eigenvalue weighted by Gasteiger charge is -2.11. The minimum absolute atomic E-state index is 0.0157. The Labute approximate surface area is 117 Å². The summed E-state index contributed by atoms with van der Waals surface area (Å²) in [5.74, 6) is -0.241. The summed E-state index contributed by atoms with van der Waals surface area (Å²) in [6.45, 7) is 5.54. The average Bonchev–Trinajstić information content (AvgIpc) is 2.39. The molecule has 0 unspecified atom stereocenters. The van der Waals surface area contributed by atoms with Gasteiger partial charge in [0.25, 0.3) is 0 Å². The number of nitrogens with zero attached hydrogens (tertiary/aromatic N) is 1. The van der Waals surface area contributed by atoms with Crippen LogP contribution in [0.2, 0.25) is 0 Å². The highest BCUT2D eigenvalue weighted by atomic mass is 19.1. The number of anilines is 1. The first kappa shape index (κ1) is 16.2. The number of rotatable bonds is 8. The van der Waals surface area contributed by atoms with Gasteiger partial charge in [-0.1, -0.05) is 13.8 Å². The van der Waals surface area contributed by atoms with Crippen molar-refractivity contribution in [1.82, 2.24) is 0 Å². The summed E-state index contributed by atoms with van der Waals surface area (Å²) in [4.78, 5) is 10.0. The third-order valence-corrected chi connectivity index (χ3v) is 2.48. The van der Waals surface area contributed by atoms with Crippen LogP contribution in [0.4, 0.5) is 15.8 Å². The topological polar surface area (TPSA) is 73.6 Å². The van der Waals surface area contributed by atoms with Gasteiger partial charge in [0, 0.05) is 19.2 Å². The molecule has 0 fully saturated rings. The fourth-order valence-corrected chi connectivity index (χ4v) is 1.56. The maximum absolute atomic E-state index is 13.7. The molecule has 0 saturated heterocycles. The summed E-state index contributed by atoms with van der Waals surface area (Å²) in [6.07, 6.45) is 0. The van der Waals surface area contributed by atoms with Gasteiger partial charge in [0.05, 0.1) is 30.4 Å². The van der Waals surface area contributed by atoms with Gasteiger partial charge in [-0.2, -0.15) is 0 Å². The van der Waals surface area contributed by atoms with E-state index in [0.29, 0.717) is 25.7 Å². The van der Waals surface area contributed by atoms with Gasteiger partial charge in [0.15, 0.2) is 11.6 Å². The van der Waals surface area contributed by atoms with Gasteiger partial charge in [-0.3, -0.25) is 10.1 Å². The van der Waals surface area contributed by atoms with Crippen molar-refractivity contribution in [3.05, 3.63) is 28.1 Å². The number of hydrogen-bond donors (Lipinski definition) is 1. The van der Waals surface area contributed by atoms with Gasteiger partial charge in [0.2, 0.25) is 0 Å². The van der Waals surface area contributed by atoms with Crippen molar-refractivity contribution >= 4 is 11.4 Å². The highest BCUT2D eigenvalue weighted by Crippen LogP contribution is 2.32. The molecule has 0 radical (unpaired) electrons. The first-order valence-electron chi connectivity index (χ1n) is 6.29. The van der Waals surface area contributed by atoms with Crippen molar-refractivity contribution < 1.29 is 18.8 Å². The van der Waals surface area contributed by atoms with Gasteiger partial charge in [-0.15, -0.1) is 0 Å². The largest absolute Gasteiger partial charge is 0.490 e. The highest BCUT2D eigenvalue weighted by Gasteiger charge is 2.18. The zero-order chi connectivity index (χ0) is 15.1. The Morgan fingerprint density at radius 3 is 2.70 bits per heavy atom. The summed E-state index contributed by atoms with van der Waals surface area (Å²) in [7, 11) is 1.30. The Hall–Kier alpha value is -1.89.